The molecule has 1 aromatic heterocycles. The van der Waals surface area contributed by atoms with Gasteiger partial charge in [0.15, 0.2) is 6.10 Å². The van der Waals surface area contributed by atoms with Gasteiger partial charge >= 0.3 is 5.97 Å². The van der Waals surface area contributed by atoms with Crippen LogP contribution in [0.1, 0.15) is 11.8 Å². The number of esters is 1. The summed E-state index contributed by atoms with van der Waals surface area (Å²) in [7, 11) is 1.04. The Kier molecular flexibility index (Phi) is 3.75. The number of ether oxygens (including phenoxy) is 1. The summed E-state index contributed by atoms with van der Waals surface area (Å²) in [6, 6.07) is 2.17. The number of aromatic nitrogens is 1. The minimum atomic E-state index is -1.86. The van der Waals surface area contributed by atoms with Crippen LogP contribution >= 0.6 is 0 Å². The summed E-state index contributed by atoms with van der Waals surface area (Å²) in [5.74, 6) is -1.93. The molecular formula is C9H11FN2O4. The van der Waals surface area contributed by atoms with Gasteiger partial charge in [0.25, 0.3) is 0 Å². The van der Waals surface area contributed by atoms with E-state index in [2.05, 4.69) is 9.72 Å². The van der Waals surface area contributed by atoms with Crippen molar-refractivity contribution in [2.24, 2.45) is 0 Å². The van der Waals surface area contributed by atoms with Gasteiger partial charge < -0.3 is 20.7 Å². The van der Waals surface area contributed by atoms with Gasteiger partial charge in [0, 0.05) is 0 Å². The molecule has 2 atom stereocenters. The fourth-order valence-electron chi connectivity index (χ4n) is 1.10. The van der Waals surface area contributed by atoms with Crippen LogP contribution in [0.15, 0.2) is 12.1 Å². The Morgan fingerprint density at radius 3 is 2.75 bits per heavy atom. The van der Waals surface area contributed by atoms with E-state index in [1.165, 1.54) is 6.07 Å². The molecule has 1 heterocycles. The molecule has 6 nitrogen and oxygen atoms in total. The molecule has 88 valence electrons. The van der Waals surface area contributed by atoms with Crippen LogP contribution in [-0.2, 0) is 9.53 Å². The first-order chi connectivity index (χ1) is 7.47. The summed E-state index contributed by atoms with van der Waals surface area (Å²) in [5.41, 5.74) is 5.08. The summed E-state index contributed by atoms with van der Waals surface area (Å²) in [4.78, 5) is 14.2. The first kappa shape index (κ1) is 12.3. The number of anilines is 1. The lowest BCUT2D eigenvalue weighted by Crippen LogP contribution is -2.30. The molecule has 0 amide bonds. The molecule has 0 saturated heterocycles. The lowest BCUT2D eigenvalue weighted by molar-refractivity contribution is -0.157. The van der Waals surface area contributed by atoms with E-state index in [0.29, 0.717) is 0 Å². The van der Waals surface area contributed by atoms with Gasteiger partial charge in [0.1, 0.15) is 6.10 Å². The second-order valence-corrected chi connectivity index (χ2v) is 3.02. The standard InChI is InChI=1S/C9H11FN2O4/c1-16-9(15)8(14)7(13)6-4(11)2-3-5(10)12-6/h2-3,7-8,13-14H,11H2,1H3. The molecule has 0 spiro atoms. The van der Waals surface area contributed by atoms with E-state index in [-0.39, 0.29) is 11.4 Å². The smallest absolute Gasteiger partial charge is 0.337 e. The second-order valence-electron chi connectivity index (χ2n) is 3.02. The Labute approximate surface area is 90.5 Å². The average Bonchev–Trinajstić information content (AvgIpc) is 2.29. The SMILES string of the molecule is COC(=O)C(O)C(O)c1nc(F)ccc1N. The zero-order valence-corrected chi connectivity index (χ0v) is 8.42. The number of carbonyl (C=O) groups is 1. The number of methoxy groups -OCH3 is 1. The van der Waals surface area contributed by atoms with Crippen molar-refractivity contribution in [2.75, 3.05) is 12.8 Å². The Balaban J connectivity index is 2.99. The van der Waals surface area contributed by atoms with Crippen molar-refractivity contribution in [3.05, 3.63) is 23.8 Å². The van der Waals surface area contributed by atoms with Crippen molar-refractivity contribution in [1.82, 2.24) is 4.98 Å². The van der Waals surface area contributed by atoms with Crippen LogP contribution in [0.25, 0.3) is 0 Å². The number of halogens is 1. The number of carbonyl (C=O) groups excluding carboxylic acids is 1. The van der Waals surface area contributed by atoms with Crippen LogP contribution in [0.3, 0.4) is 0 Å². The molecule has 1 rings (SSSR count). The van der Waals surface area contributed by atoms with E-state index >= 15 is 0 Å². The zero-order valence-electron chi connectivity index (χ0n) is 8.42. The zero-order chi connectivity index (χ0) is 12.3. The minimum Gasteiger partial charge on any atom is -0.467 e. The highest BCUT2D eigenvalue weighted by molar-refractivity contribution is 5.75. The molecule has 16 heavy (non-hydrogen) atoms. The molecule has 1 aromatic rings. The number of hydrogen-bond donors (Lipinski definition) is 3. The molecule has 0 aliphatic rings. The Hall–Kier alpha value is -1.73. The number of rotatable bonds is 3. The van der Waals surface area contributed by atoms with Crippen LogP contribution in [0.5, 0.6) is 0 Å². The Morgan fingerprint density at radius 1 is 1.56 bits per heavy atom. The Morgan fingerprint density at radius 2 is 2.19 bits per heavy atom. The fraction of sp³-hybridized carbons (Fsp3) is 0.333. The predicted molar refractivity (Wildman–Crippen MR) is 51.6 cm³/mol. The average molecular weight is 230 g/mol. The second kappa shape index (κ2) is 4.86. The number of nitrogens with zero attached hydrogens (tertiary/aromatic N) is 1. The minimum absolute atomic E-state index is 0.0307. The summed E-state index contributed by atoms with van der Waals surface area (Å²) in [6.07, 6.45) is -3.59. The van der Waals surface area contributed by atoms with Crippen molar-refractivity contribution < 1.29 is 24.1 Å². The molecule has 0 aliphatic carbocycles. The van der Waals surface area contributed by atoms with Gasteiger partial charge in [-0.25, -0.2) is 9.78 Å². The highest BCUT2D eigenvalue weighted by Crippen LogP contribution is 2.21. The van der Waals surface area contributed by atoms with Crippen LogP contribution < -0.4 is 5.73 Å². The largest absolute Gasteiger partial charge is 0.467 e. The van der Waals surface area contributed by atoms with Gasteiger partial charge in [-0.05, 0) is 12.1 Å². The number of hydrogen-bond acceptors (Lipinski definition) is 6. The first-order valence-electron chi connectivity index (χ1n) is 4.33. The molecule has 0 saturated carbocycles. The molecule has 4 N–H and O–H groups in total. The summed E-state index contributed by atoms with van der Waals surface area (Å²) in [5, 5.41) is 18.8. The van der Waals surface area contributed by atoms with Crippen molar-refractivity contribution in [1.29, 1.82) is 0 Å². The van der Waals surface area contributed by atoms with Crippen LogP contribution in [0.2, 0.25) is 0 Å². The third-order valence-electron chi connectivity index (χ3n) is 1.95. The van der Waals surface area contributed by atoms with Gasteiger partial charge in [0.05, 0.1) is 18.5 Å². The summed E-state index contributed by atoms with van der Waals surface area (Å²) < 4.78 is 17.0. The third kappa shape index (κ3) is 2.44. The lowest BCUT2D eigenvalue weighted by Gasteiger charge is -2.16. The van der Waals surface area contributed by atoms with Crippen LogP contribution in [0, 0.1) is 5.95 Å². The number of aliphatic hydroxyl groups excluding tert-OH is 2. The van der Waals surface area contributed by atoms with Crippen molar-refractivity contribution >= 4 is 11.7 Å². The van der Waals surface area contributed by atoms with Gasteiger partial charge in [-0.1, -0.05) is 0 Å². The molecule has 0 bridgehead atoms. The normalized spacial score (nSPS) is 14.2. The highest BCUT2D eigenvalue weighted by Gasteiger charge is 2.29. The maximum atomic E-state index is 12.8. The van der Waals surface area contributed by atoms with E-state index in [9.17, 15) is 19.4 Å². The molecule has 0 fully saturated rings. The van der Waals surface area contributed by atoms with Gasteiger partial charge in [-0.15, -0.1) is 0 Å². The molecule has 7 heteroatoms. The van der Waals surface area contributed by atoms with Crippen LogP contribution in [0.4, 0.5) is 10.1 Å². The molecular weight excluding hydrogens is 219 g/mol. The highest BCUT2D eigenvalue weighted by atomic mass is 19.1. The topological polar surface area (TPSA) is 106 Å². The number of nitrogen functional groups attached to an aromatic ring is 1. The monoisotopic (exact) mass is 230 g/mol. The maximum absolute atomic E-state index is 12.8. The van der Waals surface area contributed by atoms with Crippen molar-refractivity contribution in [3.63, 3.8) is 0 Å². The number of pyridine rings is 1. The summed E-state index contributed by atoms with van der Waals surface area (Å²) in [6.45, 7) is 0. The molecule has 0 aromatic carbocycles. The van der Waals surface area contributed by atoms with Crippen molar-refractivity contribution in [3.8, 4) is 0 Å². The predicted octanol–water partition coefficient (Wildman–Crippen LogP) is -0.630. The lowest BCUT2D eigenvalue weighted by atomic mass is 10.1. The van der Waals surface area contributed by atoms with E-state index in [0.717, 1.165) is 13.2 Å². The number of aliphatic hydroxyl groups is 2. The molecule has 0 aliphatic heterocycles. The van der Waals surface area contributed by atoms with Crippen molar-refractivity contribution in [2.45, 2.75) is 12.2 Å². The molecule has 0 radical (unpaired) electrons. The van der Waals surface area contributed by atoms with E-state index < -0.39 is 24.1 Å². The number of nitrogens with two attached hydrogens (primary N) is 1. The van der Waals surface area contributed by atoms with E-state index in [1.54, 1.807) is 0 Å². The Bertz CT molecular complexity index is 399. The fourth-order valence-corrected chi connectivity index (χ4v) is 1.10. The van der Waals surface area contributed by atoms with Crippen LogP contribution in [-0.4, -0.2) is 34.4 Å². The molecule has 2 unspecified atom stereocenters. The first-order valence-corrected chi connectivity index (χ1v) is 4.33. The van der Waals surface area contributed by atoms with Gasteiger partial charge in [-0.3, -0.25) is 0 Å². The van der Waals surface area contributed by atoms with E-state index in [1.807, 2.05) is 0 Å². The van der Waals surface area contributed by atoms with Gasteiger partial charge in [-0.2, -0.15) is 4.39 Å². The summed E-state index contributed by atoms with van der Waals surface area (Å²) >= 11 is 0. The van der Waals surface area contributed by atoms with Gasteiger partial charge in [0.2, 0.25) is 5.95 Å². The quantitative estimate of drug-likeness (QED) is 0.471. The maximum Gasteiger partial charge on any atom is 0.337 e. The third-order valence-corrected chi connectivity index (χ3v) is 1.95. The van der Waals surface area contributed by atoms with E-state index in [4.69, 9.17) is 5.73 Å².